The van der Waals surface area contributed by atoms with E-state index in [-0.39, 0.29) is 6.04 Å². The summed E-state index contributed by atoms with van der Waals surface area (Å²) in [7, 11) is 0. The first-order valence-electron chi connectivity index (χ1n) is 7.59. The van der Waals surface area contributed by atoms with E-state index in [1.165, 1.54) is 38.8 Å². The number of hydrogen-bond donors (Lipinski definition) is 1. The van der Waals surface area contributed by atoms with Crippen molar-refractivity contribution in [2.75, 3.05) is 26.2 Å². The highest BCUT2D eigenvalue weighted by molar-refractivity contribution is 5.84. The van der Waals surface area contributed by atoms with E-state index in [0.29, 0.717) is 18.0 Å². The van der Waals surface area contributed by atoms with Crippen molar-refractivity contribution in [1.29, 1.82) is 0 Å². The minimum Gasteiger partial charge on any atom is -0.337 e. The number of fused-ring (bicyclic) bond motifs is 1. The van der Waals surface area contributed by atoms with E-state index >= 15 is 0 Å². The van der Waals surface area contributed by atoms with Crippen LogP contribution in [0.1, 0.15) is 39.0 Å². The standard InChI is InChI=1S/C14H25N3O/c1-2-15-11-6-10-17(14(11)18)13-7-9-16-8-4-3-5-12(13)16/h11-13,15H,2-10H2,1H3. The zero-order valence-corrected chi connectivity index (χ0v) is 11.4. The van der Waals surface area contributed by atoms with Gasteiger partial charge in [-0.05, 0) is 38.8 Å². The lowest BCUT2D eigenvalue weighted by Crippen LogP contribution is -2.49. The van der Waals surface area contributed by atoms with E-state index in [1.807, 2.05) is 0 Å². The zero-order chi connectivity index (χ0) is 12.5. The van der Waals surface area contributed by atoms with Gasteiger partial charge in [0.25, 0.3) is 0 Å². The van der Waals surface area contributed by atoms with Crippen molar-refractivity contribution in [3.63, 3.8) is 0 Å². The molecule has 0 spiro atoms. The molecule has 0 aromatic rings. The number of amides is 1. The highest BCUT2D eigenvalue weighted by Crippen LogP contribution is 2.32. The molecule has 3 saturated heterocycles. The van der Waals surface area contributed by atoms with Gasteiger partial charge in [-0.25, -0.2) is 0 Å². The number of carbonyl (C=O) groups excluding carboxylic acids is 1. The van der Waals surface area contributed by atoms with Crippen LogP contribution in [-0.2, 0) is 4.79 Å². The quantitative estimate of drug-likeness (QED) is 0.807. The fraction of sp³-hybridized carbons (Fsp3) is 0.929. The average Bonchev–Trinajstić information content (AvgIpc) is 2.95. The molecule has 3 unspecified atom stereocenters. The molecule has 102 valence electrons. The number of hydrogen-bond acceptors (Lipinski definition) is 3. The molecule has 0 aromatic heterocycles. The molecule has 1 amide bonds. The topological polar surface area (TPSA) is 35.6 Å². The van der Waals surface area contributed by atoms with Gasteiger partial charge in [-0.15, -0.1) is 0 Å². The van der Waals surface area contributed by atoms with Gasteiger partial charge in [0.05, 0.1) is 6.04 Å². The Hall–Kier alpha value is -0.610. The second-order valence-corrected chi connectivity index (χ2v) is 5.89. The maximum absolute atomic E-state index is 12.4. The van der Waals surface area contributed by atoms with Crippen LogP contribution in [0.4, 0.5) is 0 Å². The van der Waals surface area contributed by atoms with Gasteiger partial charge in [0.2, 0.25) is 5.91 Å². The van der Waals surface area contributed by atoms with Crippen LogP contribution in [0.2, 0.25) is 0 Å². The van der Waals surface area contributed by atoms with E-state index in [4.69, 9.17) is 0 Å². The highest BCUT2D eigenvalue weighted by atomic mass is 16.2. The van der Waals surface area contributed by atoms with Gasteiger partial charge in [-0.2, -0.15) is 0 Å². The number of carbonyl (C=O) groups is 1. The van der Waals surface area contributed by atoms with Crippen LogP contribution in [0, 0.1) is 0 Å². The summed E-state index contributed by atoms with van der Waals surface area (Å²) in [5.74, 6) is 0.356. The highest BCUT2D eigenvalue weighted by Gasteiger charge is 2.44. The summed E-state index contributed by atoms with van der Waals surface area (Å²) >= 11 is 0. The maximum Gasteiger partial charge on any atom is 0.240 e. The van der Waals surface area contributed by atoms with E-state index in [0.717, 1.165) is 19.5 Å². The first-order chi connectivity index (χ1) is 8.81. The Morgan fingerprint density at radius 3 is 2.83 bits per heavy atom. The molecular formula is C14H25N3O. The van der Waals surface area contributed by atoms with Crippen LogP contribution in [0.25, 0.3) is 0 Å². The third-order valence-electron chi connectivity index (χ3n) is 4.91. The predicted octanol–water partition coefficient (Wildman–Crippen LogP) is 0.824. The number of nitrogens with one attached hydrogen (secondary N) is 1. The summed E-state index contributed by atoms with van der Waals surface area (Å²) in [5.41, 5.74) is 0. The number of likely N-dealkylation sites (tertiary alicyclic amines) is 1. The first kappa shape index (κ1) is 12.4. The maximum atomic E-state index is 12.4. The molecule has 0 radical (unpaired) electrons. The fourth-order valence-electron chi connectivity index (χ4n) is 4.05. The first-order valence-corrected chi connectivity index (χ1v) is 7.59. The normalized spacial score (nSPS) is 37.3. The minimum atomic E-state index is 0.0904. The summed E-state index contributed by atoms with van der Waals surface area (Å²) in [6.07, 6.45) is 6.17. The van der Waals surface area contributed by atoms with Crippen molar-refractivity contribution in [2.24, 2.45) is 0 Å². The molecule has 3 aliphatic rings. The molecule has 1 N–H and O–H groups in total. The number of rotatable bonds is 3. The second kappa shape index (κ2) is 5.17. The molecule has 4 nitrogen and oxygen atoms in total. The molecule has 0 aromatic carbocycles. The smallest absolute Gasteiger partial charge is 0.240 e. The lowest BCUT2D eigenvalue weighted by molar-refractivity contribution is -0.132. The molecule has 0 aliphatic carbocycles. The van der Waals surface area contributed by atoms with E-state index < -0.39 is 0 Å². The van der Waals surface area contributed by atoms with Gasteiger partial charge in [0, 0.05) is 25.2 Å². The molecule has 3 aliphatic heterocycles. The van der Waals surface area contributed by atoms with Crippen molar-refractivity contribution >= 4 is 5.91 Å². The van der Waals surface area contributed by atoms with Crippen LogP contribution in [0.5, 0.6) is 0 Å². The number of likely N-dealkylation sites (N-methyl/N-ethyl adjacent to an activating group) is 1. The molecule has 3 heterocycles. The fourth-order valence-corrected chi connectivity index (χ4v) is 4.05. The molecule has 3 rings (SSSR count). The van der Waals surface area contributed by atoms with Crippen LogP contribution in [-0.4, -0.2) is 60.0 Å². The van der Waals surface area contributed by atoms with E-state index in [9.17, 15) is 4.79 Å². The third-order valence-corrected chi connectivity index (χ3v) is 4.91. The molecule has 0 bridgehead atoms. The third kappa shape index (κ3) is 2.05. The van der Waals surface area contributed by atoms with Crippen molar-refractivity contribution < 1.29 is 4.79 Å². The second-order valence-electron chi connectivity index (χ2n) is 5.89. The number of nitrogens with zero attached hydrogens (tertiary/aromatic N) is 2. The Balaban J connectivity index is 1.66. The largest absolute Gasteiger partial charge is 0.337 e. The Bertz CT molecular complexity index is 320. The van der Waals surface area contributed by atoms with Crippen LogP contribution >= 0.6 is 0 Å². The van der Waals surface area contributed by atoms with Gasteiger partial charge in [0.15, 0.2) is 0 Å². The predicted molar refractivity (Wildman–Crippen MR) is 71.4 cm³/mol. The molecule has 4 heteroatoms. The van der Waals surface area contributed by atoms with Crippen LogP contribution in [0.15, 0.2) is 0 Å². The SMILES string of the molecule is CCNC1CCN(C2CCN3CCCCC23)C1=O. The average molecular weight is 251 g/mol. The van der Waals surface area contributed by atoms with E-state index in [2.05, 4.69) is 22.0 Å². The Kier molecular flexibility index (Phi) is 3.57. The van der Waals surface area contributed by atoms with Gasteiger partial charge >= 0.3 is 0 Å². The van der Waals surface area contributed by atoms with Crippen molar-refractivity contribution in [2.45, 2.75) is 57.2 Å². The van der Waals surface area contributed by atoms with E-state index in [1.54, 1.807) is 0 Å². The molecular weight excluding hydrogens is 226 g/mol. The van der Waals surface area contributed by atoms with Crippen LogP contribution < -0.4 is 5.32 Å². The zero-order valence-electron chi connectivity index (χ0n) is 11.4. The summed E-state index contributed by atoms with van der Waals surface area (Å²) in [4.78, 5) is 17.2. The van der Waals surface area contributed by atoms with Crippen molar-refractivity contribution in [1.82, 2.24) is 15.1 Å². The van der Waals surface area contributed by atoms with Gasteiger partial charge < -0.3 is 10.2 Å². The van der Waals surface area contributed by atoms with Gasteiger partial charge in [-0.3, -0.25) is 9.69 Å². The molecule has 0 saturated carbocycles. The van der Waals surface area contributed by atoms with Crippen molar-refractivity contribution in [3.8, 4) is 0 Å². The lowest BCUT2D eigenvalue weighted by atomic mass is 9.98. The molecule has 18 heavy (non-hydrogen) atoms. The monoisotopic (exact) mass is 251 g/mol. The summed E-state index contributed by atoms with van der Waals surface area (Å²) < 4.78 is 0. The summed E-state index contributed by atoms with van der Waals surface area (Å²) in [6, 6.07) is 1.25. The van der Waals surface area contributed by atoms with Crippen molar-refractivity contribution in [3.05, 3.63) is 0 Å². The minimum absolute atomic E-state index is 0.0904. The Morgan fingerprint density at radius 1 is 1.11 bits per heavy atom. The lowest BCUT2D eigenvalue weighted by Gasteiger charge is -2.36. The summed E-state index contributed by atoms with van der Waals surface area (Å²) in [5, 5.41) is 3.31. The Labute approximate surface area is 110 Å². The molecule has 3 atom stereocenters. The van der Waals surface area contributed by atoms with Gasteiger partial charge in [0.1, 0.15) is 0 Å². The van der Waals surface area contributed by atoms with Crippen LogP contribution in [0.3, 0.4) is 0 Å². The van der Waals surface area contributed by atoms with Gasteiger partial charge in [-0.1, -0.05) is 13.3 Å². The molecule has 3 fully saturated rings. The Morgan fingerprint density at radius 2 is 2.00 bits per heavy atom. The summed E-state index contributed by atoms with van der Waals surface area (Å²) in [6.45, 7) is 6.38. The number of piperidine rings is 1.